The predicted octanol–water partition coefficient (Wildman–Crippen LogP) is 4.84. The van der Waals surface area contributed by atoms with E-state index < -0.39 is 17.1 Å². The molecule has 0 saturated carbocycles. The fraction of sp³-hybridized carbons (Fsp3) is 0.571. The molecule has 2 aliphatic carbocycles. The molecule has 1 aromatic carbocycles. The minimum absolute atomic E-state index is 0.148. The summed E-state index contributed by atoms with van der Waals surface area (Å²) < 4.78 is 31.4. The maximum atomic E-state index is 11.9. The van der Waals surface area contributed by atoms with Gasteiger partial charge in [-0.15, -0.1) is 0 Å². The molecule has 1 aromatic heterocycles. The van der Waals surface area contributed by atoms with Crippen molar-refractivity contribution in [1.29, 1.82) is 0 Å². The van der Waals surface area contributed by atoms with Crippen LogP contribution in [0.2, 0.25) is 25.7 Å². The summed E-state index contributed by atoms with van der Waals surface area (Å²) in [4.78, 5) is 4.32. The quantitative estimate of drug-likeness (QED) is 0.341. The van der Waals surface area contributed by atoms with Crippen LogP contribution >= 0.6 is 10.7 Å². The third-order valence-electron chi connectivity index (χ3n) is 5.94. The highest BCUT2D eigenvalue weighted by molar-refractivity contribution is 8.13. The lowest BCUT2D eigenvalue weighted by Crippen LogP contribution is -2.22. The zero-order chi connectivity index (χ0) is 21.5. The molecule has 0 spiro atoms. The van der Waals surface area contributed by atoms with E-state index in [-0.39, 0.29) is 11.8 Å². The number of aryl methyl sites for hydroxylation is 2. The van der Waals surface area contributed by atoms with Crippen LogP contribution in [0.4, 0.5) is 11.6 Å². The van der Waals surface area contributed by atoms with E-state index in [4.69, 9.17) is 15.4 Å². The van der Waals surface area contributed by atoms with Gasteiger partial charge in [-0.1, -0.05) is 25.7 Å². The molecule has 2 aromatic rings. The van der Waals surface area contributed by atoms with Gasteiger partial charge in [0.15, 0.2) is 5.03 Å². The first-order chi connectivity index (χ1) is 14.1. The fourth-order valence-electron chi connectivity index (χ4n) is 4.33. The lowest BCUT2D eigenvalue weighted by molar-refractivity contribution is 0.0884. The second-order valence-corrected chi connectivity index (χ2v) is 17.7. The zero-order valence-corrected chi connectivity index (χ0v) is 20.5. The van der Waals surface area contributed by atoms with Gasteiger partial charge in [0.05, 0.1) is 0 Å². The summed E-state index contributed by atoms with van der Waals surface area (Å²) in [5, 5.41) is 3.33. The molecule has 4 rings (SSSR count). The van der Waals surface area contributed by atoms with E-state index in [9.17, 15) is 8.42 Å². The Kier molecular flexibility index (Phi) is 6.05. The summed E-state index contributed by atoms with van der Waals surface area (Å²) in [6, 6.07) is 3.42. The van der Waals surface area contributed by atoms with E-state index in [0.717, 1.165) is 50.3 Å². The zero-order valence-electron chi connectivity index (χ0n) is 17.9. The van der Waals surface area contributed by atoms with Crippen LogP contribution in [0.3, 0.4) is 0 Å². The Bertz CT molecular complexity index is 1030. The number of benzene rings is 1. The minimum Gasteiger partial charge on any atom is -0.361 e. The highest BCUT2D eigenvalue weighted by Crippen LogP contribution is 2.40. The minimum atomic E-state index is -3.92. The van der Waals surface area contributed by atoms with Crippen molar-refractivity contribution < 1.29 is 13.2 Å². The van der Waals surface area contributed by atoms with Crippen LogP contribution < -0.4 is 5.32 Å². The maximum Gasteiger partial charge on any atom is 0.280 e. The average Bonchev–Trinajstić information content (AvgIpc) is 3.36. The molecule has 164 valence electrons. The third-order valence-corrected chi connectivity index (χ3v) is 8.82. The Morgan fingerprint density at radius 1 is 1.13 bits per heavy atom. The van der Waals surface area contributed by atoms with Gasteiger partial charge in [-0.2, -0.15) is 4.98 Å². The number of hydrogen-bond acceptors (Lipinski definition) is 5. The first-order valence-corrected chi connectivity index (χ1v) is 16.7. The van der Waals surface area contributed by atoms with Gasteiger partial charge in [-0.3, -0.25) is 4.57 Å². The molecule has 0 bridgehead atoms. The molecule has 9 heteroatoms. The van der Waals surface area contributed by atoms with Crippen molar-refractivity contribution in [1.82, 2.24) is 9.55 Å². The maximum absolute atomic E-state index is 11.9. The van der Waals surface area contributed by atoms with Gasteiger partial charge in [-0.05, 0) is 66.8 Å². The molecule has 1 N–H and O–H groups in total. The number of halogens is 1. The molecule has 0 unspecified atom stereocenters. The predicted molar refractivity (Wildman–Crippen MR) is 123 cm³/mol. The lowest BCUT2D eigenvalue weighted by atomic mass is 9.99. The molecule has 0 saturated heterocycles. The highest BCUT2D eigenvalue weighted by Gasteiger charge is 2.26. The highest BCUT2D eigenvalue weighted by atomic mass is 35.7. The van der Waals surface area contributed by atoms with E-state index >= 15 is 0 Å². The molecule has 0 radical (unpaired) electrons. The second kappa shape index (κ2) is 8.30. The molecular formula is C21H30ClN3O3SSi. The number of nitrogens with zero attached hydrogens (tertiary/aromatic N) is 2. The number of fused-ring (bicyclic) bond motifs is 2. The monoisotopic (exact) mass is 467 g/mol. The Morgan fingerprint density at radius 3 is 2.33 bits per heavy atom. The van der Waals surface area contributed by atoms with E-state index in [1.165, 1.54) is 28.5 Å². The number of ether oxygens (including phenoxy) is 1. The summed E-state index contributed by atoms with van der Waals surface area (Å²) in [5.74, 6) is 0.469. The normalized spacial score (nSPS) is 16.0. The number of imidazole rings is 1. The van der Waals surface area contributed by atoms with Gasteiger partial charge in [0.1, 0.15) is 6.73 Å². The van der Waals surface area contributed by atoms with Crippen LogP contribution in [0.5, 0.6) is 0 Å². The van der Waals surface area contributed by atoms with Crippen molar-refractivity contribution in [3.63, 3.8) is 0 Å². The van der Waals surface area contributed by atoms with Crippen LogP contribution in [0.25, 0.3) is 0 Å². The van der Waals surface area contributed by atoms with Gasteiger partial charge in [0, 0.05) is 37.2 Å². The summed E-state index contributed by atoms with van der Waals surface area (Å²) in [6.45, 7) is 7.79. The van der Waals surface area contributed by atoms with Gasteiger partial charge >= 0.3 is 0 Å². The van der Waals surface area contributed by atoms with Gasteiger partial charge in [0.2, 0.25) is 5.95 Å². The topological polar surface area (TPSA) is 73.2 Å². The molecule has 2 aliphatic rings. The van der Waals surface area contributed by atoms with Crippen LogP contribution in [-0.4, -0.2) is 32.6 Å². The average molecular weight is 468 g/mol. The Labute approximate surface area is 184 Å². The smallest absolute Gasteiger partial charge is 0.280 e. The van der Waals surface area contributed by atoms with Crippen LogP contribution in [0.15, 0.2) is 17.3 Å². The number of anilines is 2. The number of rotatable bonds is 8. The van der Waals surface area contributed by atoms with Crippen LogP contribution in [0.1, 0.15) is 35.1 Å². The fourth-order valence-corrected chi connectivity index (χ4v) is 5.76. The first-order valence-electron chi connectivity index (χ1n) is 10.6. The molecule has 0 atom stereocenters. The summed E-state index contributed by atoms with van der Waals surface area (Å²) in [6.07, 6.45) is 8.06. The molecule has 0 fully saturated rings. The van der Waals surface area contributed by atoms with E-state index in [2.05, 4.69) is 36.0 Å². The van der Waals surface area contributed by atoms with E-state index in [0.29, 0.717) is 12.6 Å². The van der Waals surface area contributed by atoms with Crippen molar-refractivity contribution in [3.05, 3.63) is 34.5 Å². The number of nitrogens with one attached hydrogen (secondary N) is 1. The third kappa shape index (κ3) is 4.77. The van der Waals surface area contributed by atoms with Gasteiger partial charge in [0.25, 0.3) is 9.05 Å². The van der Waals surface area contributed by atoms with Crippen molar-refractivity contribution >= 4 is 39.4 Å². The second-order valence-electron chi connectivity index (χ2n) is 9.52. The van der Waals surface area contributed by atoms with Gasteiger partial charge < -0.3 is 10.1 Å². The standard InChI is InChI=1S/C21H30ClN3O3SSi/c1-30(2,3)11-10-28-14-25-13-19(29(22,26)27)23-21(25)24-20-17-8-4-6-15(17)12-16-7-5-9-18(16)20/h12-13H,4-11,14H2,1-3H3,(H,23,24). The van der Waals surface area contributed by atoms with Crippen molar-refractivity contribution in [2.24, 2.45) is 0 Å². The SMILES string of the molecule is C[Si](C)(C)CCOCn1cc(S(=O)(=O)Cl)nc1Nc1c2c(cc3c1CCC3)CCC2. The number of hydrogen-bond donors (Lipinski definition) is 1. The van der Waals surface area contributed by atoms with Gasteiger partial charge in [-0.25, -0.2) is 8.42 Å². The largest absolute Gasteiger partial charge is 0.361 e. The van der Waals surface area contributed by atoms with Crippen LogP contribution in [-0.2, 0) is 46.2 Å². The Hall–Kier alpha value is -1.35. The Morgan fingerprint density at radius 2 is 1.77 bits per heavy atom. The lowest BCUT2D eigenvalue weighted by Gasteiger charge is -2.18. The first kappa shape index (κ1) is 21.9. The molecular weight excluding hydrogens is 438 g/mol. The van der Waals surface area contributed by atoms with E-state index in [1.54, 1.807) is 4.57 Å². The van der Waals surface area contributed by atoms with Crippen molar-refractivity contribution in [2.45, 2.75) is 76.0 Å². The Balaban J connectivity index is 1.64. The molecule has 6 nitrogen and oxygen atoms in total. The summed E-state index contributed by atoms with van der Waals surface area (Å²) in [5.41, 5.74) is 6.63. The van der Waals surface area contributed by atoms with Crippen molar-refractivity contribution in [2.75, 3.05) is 11.9 Å². The summed E-state index contributed by atoms with van der Waals surface area (Å²) >= 11 is 0. The summed E-state index contributed by atoms with van der Waals surface area (Å²) in [7, 11) is 0.466. The molecule has 0 aliphatic heterocycles. The van der Waals surface area contributed by atoms with Crippen LogP contribution in [0, 0.1) is 0 Å². The molecule has 30 heavy (non-hydrogen) atoms. The number of aromatic nitrogens is 2. The molecule has 0 amide bonds. The molecule has 1 heterocycles. The van der Waals surface area contributed by atoms with Crippen molar-refractivity contribution in [3.8, 4) is 0 Å². The van der Waals surface area contributed by atoms with E-state index in [1.807, 2.05) is 0 Å².